The molecule has 3 aromatic rings. The first kappa shape index (κ1) is 14.6. The van der Waals surface area contributed by atoms with Crippen LogP contribution in [0.4, 0.5) is 0 Å². The lowest BCUT2D eigenvalue weighted by molar-refractivity contribution is 0.583. The van der Waals surface area contributed by atoms with Crippen molar-refractivity contribution in [2.75, 3.05) is 0 Å². The number of nitrogens with zero attached hydrogens (tertiary/aromatic N) is 5. The molecular weight excluding hydrogens is 312 g/mol. The van der Waals surface area contributed by atoms with Crippen molar-refractivity contribution < 1.29 is 0 Å². The summed E-state index contributed by atoms with van der Waals surface area (Å²) < 4.78 is 2.14. The van der Waals surface area contributed by atoms with E-state index in [-0.39, 0.29) is 0 Å². The molecule has 1 N–H and O–H groups in total. The number of fused-ring (bicyclic) bond motifs is 1. The van der Waals surface area contributed by atoms with E-state index in [0.717, 1.165) is 25.1 Å². The minimum Gasteiger partial charge on any atom is -0.264 e. The molecule has 6 nitrogen and oxygen atoms in total. The molecule has 0 aliphatic heterocycles. The van der Waals surface area contributed by atoms with Gasteiger partial charge >= 0.3 is 0 Å². The lowest BCUT2D eigenvalue weighted by atomic mass is 9.95. The standard InChI is InChI=1S/C19H20N6/c1-2-6-13(7-3-1)12-25-17-11-15(14-8-4-5-9-14)10-16(17)18(22-25)19-20-23-24-21-19/h1-3,6-8,15H,4-5,9-12H2,(H,20,21,23,24). The number of benzene rings is 1. The number of hydrogen-bond acceptors (Lipinski definition) is 4. The average molecular weight is 332 g/mol. The smallest absolute Gasteiger partial charge is 0.225 e. The molecule has 0 saturated carbocycles. The SMILES string of the molecule is C1=C(C2Cc3c(-c4nn[nH]n4)nn(Cc4ccccc4)c3C2)CCC1. The number of H-pyrrole nitrogens is 1. The van der Waals surface area contributed by atoms with Crippen LogP contribution in [0.3, 0.4) is 0 Å². The summed E-state index contributed by atoms with van der Waals surface area (Å²) in [7, 11) is 0. The van der Waals surface area contributed by atoms with Gasteiger partial charge in [0.05, 0.1) is 6.54 Å². The van der Waals surface area contributed by atoms with Crippen LogP contribution in [0.5, 0.6) is 0 Å². The molecule has 1 unspecified atom stereocenters. The Kier molecular flexibility index (Phi) is 3.47. The van der Waals surface area contributed by atoms with Crippen molar-refractivity contribution in [1.82, 2.24) is 30.4 Å². The number of nitrogens with one attached hydrogen (secondary N) is 1. The maximum absolute atomic E-state index is 4.84. The summed E-state index contributed by atoms with van der Waals surface area (Å²) in [5.41, 5.74) is 6.41. The largest absolute Gasteiger partial charge is 0.264 e. The minimum absolute atomic E-state index is 0.601. The predicted molar refractivity (Wildman–Crippen MR) is 93.8 cm³/mol. The van der Waals surface area contributed by atoms with E-state index in [1.165, 1.54) is 36.1 Å². The molecule has 5 rings (SSSR count). The van der Waals surface area contributed by atoms with E-state index in [1.54, 1.807) is 5.57 Å². The van der Waals surface area contributed by atoms with Gasteiger partial charge in [-0.3, -0.25) is 4.68 Å². The number of aromatic amines is 1. The molecule has 25 heavy (non-hydrogen) atoms. The van der Waals surface area contributed by atoms with Crippen molar-refractivity contribution in [2.24, 2.45) is 5.92 Å². The average Bonchev–Trinajstić information content (AvgIpc) is 3.41. The third-order valence-electron chi connectivity index (χ3n) is 5.39. The third-order valence-corrected chi connectivity index (χ3v) is 5.39. The van der Waals surface area contributed by atoms with Crippen molar-refractivity contribution in [3.8, 4) is 11.5 Å². The van der Waals surface area contributed by atoms with Crippen LogP contribution in [0.25, 0.3) is 11.5 Å². The van der Waals surface area contributed by atoms with Gasteiger partial charge in [-0.05, 0) is 48.8 Å². The van der Waals surface area contributed by atoms with Crippen LogP contribution >= 0.6 is 0 Å². The zero-order chi connectivity index (χ0) is 16.6. The normalized spacial score (nSPS) is 19.2. The molecule has 2 aliphatic rings. The summed E-state index contributed by atoms with van der Waals surface area (Å²) >= 11 is 0. The van der Waals surface area contributed by atoms with Gasteiger partial charge in [0, 0.05) is 11.3 Å². The maximum atomic E-state index is 4.84. The van der Waals surface area contributed by atoms with Crippen LogP contribution in [0.1, 0.15) is 36.1 Å². The molecular formula is C19H20N6. The van der Waals surface area contributed by atoms with E-state index in [0.29, 0.717) is 11.7 Å². The number of aromatic nitrogens is 6. The van der Waals surface area contributed by atoms with Crippen LogP contribution < -0.4 is 0 Å². The van der Waals surface area contributed by atoms with Gasteiger partial charge in [0.15, 0.2) is 0 Å². The zero-order valence-electron chi connectivity index (χ0n) is 14.0. The van der Waals surface area contributed by atoms with E-state index in [9.17, 15) is 0 Å². The maximum Gasteiger partial charge on any atom is 0.225 e. The van der Waals surface area contributed by atoms with Gasteiger partial charge in [0.25, 0.3) is 0 Å². The highest BCUT2D eigenvalue weighted by atomic mass is 15.5. The predicted octanol–water partition coefficient (Wildman–Crippen LogP) is 2.94. The molecule has 1 atom stereocenters. The van der Waals surface area contributed by atoms with E-state index in [2.05, 4.69) is 55.6 Å². The molecule has 0 saturated heterocycles. The highest BCUT2D eigenvalue weighted by Gasteiger charge is 2.33. The molecule has 0 amide bonds. The van der Waals surface area contributed by atoms with E-state index < -0.39 is 0 Å². The summed E-state index contributed by atoms with van der Waals surface area (Å²) in [6.07, 6.45) is 8.34. The quantitative estimate of drug-likeness (QED) is 0.746. The van der Waals surface area contributed by atoms with Gasteiger partial charge in [-0.2, -0.15) is 10.3 Å². The van der Waals surface area contributed by atoms with Crippen molar-refractivity contribution in [3.05, 3.63) is 58.8 Å². The van der Waals surface area contributed by atoms with E-state index >= 15 is 0 Å². The Morgan fingerprint density at radius 2 is 2.08 bits per heavy atom. The Balaban J connectivity index is 1.53. The van der Waals surface area contributed by atoms with Gasteiger partial charge in [-0.25, -0.2) is 0 Å². The first-order chi connectivity index (χ1) is 12.4. The van der Waals surface area contributed by atoms with Gasteiger partial charge in [-0.1, -0.05) is 42.0 Å². The fourth-order valence-corrected chi connectivity index (χ4v) is 4.19. The number of hydrogen-bond donors (Lipinski definition) is 1. The summed E-state index contributed by atoms with van der Waals surface area (Å²) in [5, 5.41) is 19.5. The summed E-state index contributed by atoms with van der Waals surface area (Å²) in [6.45, 7) is 0.785. The van der Waals surface area contributed by atoms with E-state index in [4.69, 9.17) is 5.10 Å². The molecule has 2 heterocycles. The van der Waals surface area contributed by atoms with Gasteiger partial charge in [-0.15, -0.1) is 10.2 Å². The molecule has 0 bridgehead atoms. The monoisotopic (exact) mass is 332 g/mol. The van der Waals surface area contributed by atoms with Crippen LogP contribution in [0.15, 0.2) is 42.0 Å². The number of allylic oxidation sites excluding steroid dienone is 2. The second kappa shape index (κ2) is 5.95. The number of rotatable bonds is 4. The topological polar surface area (TPSA) is 72.3 Å². The van der Waals surface area contributed by atoms with Crippen LogP contribution in [-0.2, 0) is 19.4 Å². The Morgan fingerprint density at radius 1 is 1.16 bits per heavy atom. The molecule has 2 aromatic heterocycles. The van der Waals surface area contributed by atoms with Gasteiger partial charge in [0.2, 0.25) is 5.82 Å². The fraction of sp³-hybridized carbons (Fsp3) is 0.368. The lowest BCUT2D eigenvalue weighted by Gasteiger charge is -2.12. The Morgan fingerprint density at radius 3 is 2.84 bits per heavy atom. The van der Waals surface area contributed by atoms with Crippen molar-refractivity contribution in [2.45, 2.75) is 38.6 Å². The van der Waals surface area contributed by atoms with Crippen molar-refractivity contribution >= 4 is 0 Å². The second-order valence-electron chi connectivity index (χ2n) is 6.93. The first-order valence-electron chi connectivity index (χ1n) is 8.93. The van der Waals surface area contributed by atoms with Crippen molar-refractivity contribution in [3.63, 3.8) is 0 Å². The highest BCUT2D eigenvalue weighted by molar-refractivity contribution is 5.58. The van der Waals surface area contributed by atoms with E-state index in [1.807, 2.05) is 6.07 Å². The van der Waals surface area contributed by atoms with Crippen LogP contribution in [-0.4, -0.2) is 30.4 Å². The third kappa shape index (κ3) is 2.58. The summed E-state index contributed by atoms with van der Waals surface area (Å²) in [5.74, 6) is 1.22. The van der Waals surface area contributed by atoms with Gasteiger partial charge in [0.1, 0.15) is 5.69 Å². The summed E-state index contributed by atoms with van der Waals surface area (Å²) in [6, 6.07) is 10.5. The minimum atomic E-state index is 0.601. The van der Waals surface area contributed by atoms with Gasteiger partial charge < -0.3 is 0 Å². The second-order valence-corrected chi connectivity index (χ2v) is 6.93. The first-order valence-corrected chi connectivity index (χ1v) is 8.93. The molecule has 0 radical (unpaired) electrons. The molecule has 126 valence electrons. The molecule has 2 aliphatic carbocycles. The molecule has 0 spiro atoms. The lowest BCUT2D eigenvalue weighted by Crippen LogP contribution is -2.09. The molecule has 6 heteroatoms. The zero-order valence-corrected chi connectivity index (χ0v) is 14.0. The van der Waals surface area contributed by atoms with Crippen LogP contribution in [0, 0.1) is 5.92 Å². The van der Waals surface area contributed by atoms with Crippen molar-refractivity contribution in [1.29, 1.82) is 0 Å². The van der Waals surface area contributed by atoms with Crippen LogP contribution in [0.2, 0.25) is 0 Å². The Bertz CT molecular complexity index is 907. The summed E-state index contributed by atoms with van der Waals surface area (Å²) in [4.78, 5) is 0. The Hall–Kier alpha value is -2.76. The Labute approximate surface area is 146 Å². The molecule has 1 aromatic carbocycles. The fourth-order valence-electron chi connectivity index (χ4n) is 4.19. The highest BCUT2D eigenvalue weighted by Crippen LogP contribution is 2.39. The number of tetrazole rings is 1. The molecule has 0 fully saturated rings.